The average Bonchev–Trinajstić information content (AvgIpc) is 2.50. The number of aryl methyl sites for hydroxylation is 1. The molecule has 0 fully saturated rings. The minimum Gasteiger partial charge on any atom is -0.497 e. The van der Waals surface area contributed by atoms with Crippen LogP contribution in [0.25, 0.3) is 10.8 Å². The number of carbonyl (C=O) groups is 1. The SMILES string of the molecule is COc1ccc2c3c(ccc2c1)C(=O)[C@](C)(C#N)CC3. The number of Topliss-reactive ketones (excluding diaryl/α,β-unsaturated/α-hetero) is 1. The van der Waals surface area contributed by atoms with Crippen molar-refractivity contribution in [3.05, 3.63) is 41.5 Å². The van der Waals surface area contributed by atoms with Crippen LogP contribution in [0.4, 0.5) is 0 Å². The van der Waals surface area contributed by atoms with Crippen LogP contribution < -0.4 is 4.74 Å². The molecule has 3 nitrogen and oxygen atoms in total. The molecule has 0 N–H and O–H groups in total. The molecule has 3 rings (SSSR count). The summed E-state index contributed by atoms with van der Waals surface area (Å²) in [4.78, 5) is 12.5. The molecule has 0 bridgehead atoms. The Balaban J connectivity index is 2.22. The number of ether oxygens (including phenoxy) is 1. The summed E-state index contributed by atoms with van der Waals surface area (Å²) in [6.07, 6.45) is 1.34. The lowest BCUT2D eigenvalue weighted by atomic mass is 9.72. The second-order valence-corrected chi connectivity index (χ2v) is 5.45. The molecule has 0 saturated heterocycles. The van der Waals surface area contributed by atoms with Crippen LogP contribution in [0, 0.1) is 16.7 Å². The minimum atomic E-state index is -0.882. The zero-order valence-electron chi connectivity index (χ0n) is 11.6. The molecule has 2 aromatic carbocycles. The third-order valence-corrected chi connectivity index (χ3v) is 4.21. The number of nitrogens with zero attached hydrogens (tertiary/aromatic N) is 1. The summed E-state index contributed by atoms with van der Waals surface area (Å²) in [5, 5.41) is 11.4. The number of fused-ring (bicyclic) bond motifs is 3. The molecule has 0 amide bonds. The molecule has 1 atom stereocenters. The Bertz CT molecular complexity index is 757. The molecule has 0 aromatic heterocycles. The van der Waals surface area contributed by atoms with Crippen molar-refractivity contribution < 1.29 is 9.53 Å². The van der Waals surface area contributed by atoms with Gasteiger partial charge >= 0.3 is 0 Å². The molecular formula is C17H15NO2. The van der Waals surface area contributed by atoms with E-state index >= 15 is 0 Å². The summed E-state index contributed by atoms with van der Waals surface area (Å²) in [6, 6.07) is 11.8. The first kappa shape index (κ1) is 12.7. The minimum absolute atomic E-state index is 0.0565. The van der Waals surface area contributed by atoms with Crippen molar-refractivity contribution in [2.45, 2.75) is 19.8 Å². The van der Waals surface area contributed by atoms with E-state index in [-0.39, 0.29) is 5.78 Å². The van der Waals surface area contributed by atoms with Crippen LogP contribution in [0.5, 0.6) is 5.75 Å². The molecule has 100 valence electrons. The van der Waals surface area contributed by atoms with Gasteiger partial charge in [-0.05, 0) is 48.2 Å². The fourth-order valence-corrected chi connectivity index (χ4v) is 2.87. The molecule has 0 unspecified atom stereocenters. The van der Waals surface area contributed by atoms with Crippen molar-refractivity contribution in [2.24, 2.45) is 5.41 Å². The third kappa shape index (κ3) is 1.69. The standard InChI is InChI=1S/C17H15NO2/c1-17(10-18)8-7-14-13-6-4-12(20-2)9-11(13)3-5-15(14)16(17)19/h3-6,9H,7-8H2,1-2H3/t17-/m0/s1. The summed E-state index contributed by atoms with van der Waals surface area (Å²) < 4.78 is 5.23. The van der Waals surface area contributed by atoms with Gasteiger partial charge in [0.05, 0.1) is 13.2 Å². The number of methoxy groups -OCH3 is 1. The molecule has 0 aliphatic heterocycles. The topological polar surface area (TPSA) is 50.1 Å². The first-order chi connectivity index (χ1) is 9.59. The van der Waals surface area contributed by atoms with Crippen LogP contribution in [0.3, 0.4) is 0 Å². The molecule has 0 saturated carbocycles. The van der Waals surface area contributed by atoms with Crippen molar-refractivity contribution in [2.75, 3.05) is 7.11 Å². The van der Waals surface area contributed by atoms with E-state index in [9.17, 15) is 10.1 Å². The predicted molar refractivity (Wildman–Crippen MR) is 76.9 cm³/mol. The molecule has 1 aliphatic rings. The molecule has 1 aliphatic carbocycles. The Morgan fingerprint density at radius 2 is 2.10 bits per heavy atom. The average molecular weight is 265 g/mol. The Morgan fingerprint density at radius 1 is 1.30 bits per heavy atom. The quantitative estimate of drug-likeness (QED) is 0.792. The largest absolute Gasteiger partial charge is 0.497 e. The smallest absolute Gasteiger partial charge is 0.183 e. The second-order valence-electron chi connectivity index (χ2n) is 5.45. The van der Waals surface area contributed by atoms with E-state index in [4.69, 9.17) is 4.74 Å². The van der Waals surface area contributed by atoms with Gasteiger partial charge in [-0.2, -0.15) is 5.26 Å². The van der Waals surface area contributed by atoms with Gasteiger partial charge in [0.25, 0.3) is 0 Å². The number of hydrogen-bond donors (Lipinski definition) is 0. The highest BCUT2D eigenvalue weighted by Crippen LogP contribution is 2.38. The van der Waals surface area contributed by atoms with Gasteiger partial charge < -0.3 is 4.74 Å². The first-order valence-electron chi connectivity index (χ1n) is 6.65. The molecule has 0 radical (unpaired) electrons. The van der Waals surface area contributed by atoms with Crippen LogP contribution in [0.2, 0.25) is 0 Å². The van der Waals surface area contributed by atoms with Crippen LogP contribution >= 0.6 is 0 Å². The number of benzene rings is 2. The van der Waals surface area contributed by atoms with E-state index in [1.807, 2.05) is 30.3 Å². The van der Waals surface area contributed by atoms with E-state index in [0.717, 1.165) is 28.5 Å². The van der Waals surface area contributed by atoms with Crippen molar-refractivity contribution in [1.29, 1.82) is 5.26 Å². The van der Waals surface area contributed by atoms with Crippen LogP contribution in [0.15, 0.2) is 30.3 Å². The monoisotopic (exact) mass is 265 g/mol. The number of ketones is 1. The van der Waals surface area contributed by atoms with Gasteiger partial charge in [-0.3, -0.25) is 4.79 Å². The normalized spacial score (nSPS) is 21.4. The Kier molecular flexibility index (Phi) is 2.76. The van der Waals surface area contributed by atoms with Crippen LogP contribution in [-0.2, 0) is 6.42 Å². The Hall–Kier alpha value is -2.34. The van der Waals surface area contributed by atoms with Gasteiger partial charge in [-0.15, -0.1) is 0 Å². The maximum Gasteiger partial charge on any atom is 0.183 e. The van der Waals surface area contributed by atoms with E-state index < -0.39 is 5.41 Å². The summed E-state index contributed by atoms with van der Waals surface area (Å²) in [7, 11) is 1.64. The lowest BCUT2D eigenvalue weighted by Gasteiger charge is -2.28. The highest BCUT2D eigenvalue weighted by molar-refractivity contribution is 6.08. The van der Waals surface area contributed by atoms with Crippen molar-refractivity contribution in [3.63, 3.8) is 0 Å². The molecule has 20 heavy (non-hydrogen) atoms. The van der Waals surface area contributed by atoms with E-state index in [1.165, 1.54) is 0 Å². The zero-order valence-corrected chi connectivity index (χ0v) is 11.6. The van der Waals surface area contributed by atoms with Gasteiger partial charge in [0.2, 0.25) is 0 Å². The Morgan fingerprint density at radius 3 is 2.80 bits per heavy atom. The Labute approximate surface area is 117 Å². The zero-order chi connectivity index (χ0) is 14.3. The van der Waals surface area contributed by atoms with Gasteiger partial charge in [-0.25, -0.2) is 0 Å². The van der Waals surface area contributed by atoms with Gasteiger partial charge in [0, 0.05) is 5.56 Å². The van der Waals surface area contributed by atoms with Gasteiger partial charge in [-0.1, -0.05) is 18.2 Å². The fraction of sp³-hybridized carbons (Fsp3) is 0.294. The van der Waals surface area contributed by atoms with Crippen LogP contribution in [0.1, 0.15) is 29.3 Å². The number of hydrogen-bond acceptors (Lipinski definition) is 3. The van der Waals surface area contributed by atoms with Gasteiger partial charge in [0.15, 0.2) is 5.78 Å². The lowest BCUT2D eigenvalue weighted by molar-refractivity contribution is 0.0854. The van der Waals surface area contributed by atoms with Crippen molar-refractivity contribution in [1.82, 2.24) is 0 Å². The molecule has 2 aromatic rings. The van der Waals surface area contributed by atoms with Crippen molar-refractivity contribution >= 4 is 16.6 Å². The maximum atomic E-state index is 12.5. The first-order valence-corrected chi connectivity index (χ1v) is 6.65. The molecular weight excluding hydrogens is 250 g/mol. The molecule has 0 heterocycles. The highest BCUT2D eigenvalue weighted by atomic mass is 16.5. The number of nitriles is 1. The highest BCUT2D eigenvalue weighted by Gasteiger charge is 2.39. The number of carbonyl (C=O) groups excluding carboxylic acids is 1. The van der Waals surface area contributed by atoms with E-state index in [0.29, 0.717) is 12.0 Å². The third-order valence-electron chi connectivity index (χ3n) is 4.21. The van der Waals surface area contributed by atoms with E-state index in [2.05, 4.69) is 6.07 Å². The molecule has 3 heteroatoms. The summed E-state index contributed by atoms with van der Waals surface area (Å²) >= 11 is 0. The van der Waals surface area contributed by atoms with Gasteiger partial charge in [0.1, 0.15) is 11.2 Å². The molecule has 0 spiro atoms. The predicted octanol–water partition coefficient (Wildman–Crippen LogP) is 3.51. The second kappa shape index (κ2) is 4.35. The number of rotatable bonds is 1. The van der Waals surface area contributed by atoms with Crippen LogP contribution in [-0.4, -0.2) is 12.9 Å². The summed E-state index contributed by atoms with van der Waals surface area (Å²) in [5.41, 5.74) is 0.869. The lowest BCUT2D eigenvalue weighted by Crippen LogP contribution is -2.31. The maximum absolute atomic E-state index is 12.5. The summed E-state index contributed by atoms with van der Waals surface area (Å²) in [5.74, 6) is 0.750. The van der Waals surface area contributed by atoms with Crippen molar-refractivity contribution in [3.8, 4) is 11.8 Å². The summed E-state index contributed by atoms with van der Waals surface area (Å²) in [6.45, 7) is 1.73. The fourth-order valence-electron chi connectivity index (χ4n) is 2.87. The van der Waals surface area contributed by atoms with E-state index in [1.54, 1.807) is 14.0 Å².